The van der Waals surface area contributed by atoms with Crippen molar-refractivity contribution in [2.45, 2.75) is 19.3 Å². The molecule has 1 aliphatic rings. The lowest BCUT2D eigenvalue weighted by atomic mass is 9.87. The van der Waals surface area contributed by atoms with Gasteiger partial charge in [-0.25, -0.2) is 4.98 Å². The van der Waals surface area contributed by atoms with Crippen LogP contribution in [-0.2, 0) is 5.41 Å². The van der Waals surface area contributed by atoms with Gasteiger partial charge in [0.15, 0.2) is 0 Å². The average molecular weight is 291 g/mol. The van der Waals surface area contributed by atoms with E-state index < -0.39 is 0 Å². The van der Waals surface area contributed by atoms with Crippen LogP contribution in [0.25, 0.3) is 11.0 Å². The van der Waals surface area contributed by atoms with Gasteiger partial charge in [-0.15, -0.1) is 0 Å². The molecule has 1 aliphatic heterocycles. The third-order valence-corrected chi connectivity index (χ3v) is 4.39. The molecule has 0 bridgehead atoms. The highest BCUT2D eigenvalue weighted by atomic mass is 16.2. The molecular formula is C18H17N3O. The summed E-state index contributed by atoms with van der Waals surface area (Å²) < 4.78 is 0. The maximum atomic E-state index is 13.0. The van der Waals surface area contributed by atoms with E-state index in [0.717, 1.165) is 16.7 Å². The van der Waals surface area contributed by atoms with Crippen LogP contribution in [0.3, 0.4) is 0 Å². The Labute approximate surface area is 128 Å². The first-order valence-electron chi connectivity index (χ1n) is 7.41. The lowest BCUT2D eigenvalue weighted by molar-refractivity contribution is 0.0986. The zero-order chi connectivity index (χ0) is 15.3. The van der Waals surface area contributed by atoms with E-state index in [1.807, 2.05) is 41.3 Å². The molecule has 2 heterocycles. The Bertz CT molecular complexity index is 879. The summed E-state index contributed by atoms with van der Waals surface area (Å²) in [5.41, 5.74) is 4.67. The van der Waals surface area contributed by atoms with E-state index in [0.29, 0.717) is 12.1 Å². The molecule has 0 unspecified atom stereocenters. The van der Waals surface area contributed by atoms with Crippen molar-refractivity contribution in [1.29, 1.82) is 0 Å². The molecule has 0 spiro atoms. The number of rotatable bonds is 1. The van der Waals surface area contributed by atoms with Gasteiger partial charge in [0.2, 0.25) is 0 Å². The summed E-state index contributed by atoms with van der Waals surface area (Å²) >= 11 is 0. The van der Waals surface area contributed by atoms with Crippen molar-refractivity contribution in [2.75, 3.05) is 11.4 Å². The van der Waals surface area contributed by atoms with Crippen LogP contribution in [0.2, 0.25) is 0 Å². The number of imidazole rings is 1. The molecule has 0 saturated carbocycles. The number of nitrogens with zero attached hydrogens (tertiary/aromatic N) is 2. The van der Waals surface area contributed by atoms with E-state index in [2.05, 4.69) is 29.9 Å². The number of nitrogens with one attached hydrogen (secondary N) is 1. The quantitative estimate of drug-likeness (QED) is 0.746. The fourth-order valence-electron chi connectivity index (χ4n) is 3.25. The number of aromatic amines is 1. The second kappa shape index (κ2) is 4.44. The Kier molecular flexibility index (Phi) is 2.64. The van der Waals surface area contributed by atoms with Crippen molar-refractivity contribution >= 4 is 22.6 Å². The van der Waals surface area contributed by atoms with Crippen LogP contribution in [0.4, 0.5) is 5.69 Å². The maximum Gasteiger partial charge on any atom is 0.258 e. The summed E-state index contributed by atoms with van der Waals surface area (Å²) in [6.45, 7) is 5.06. The van der Waals surface area contributed by atoms with Gasteiger partial charge in [-0.1, -0.05) is 32.0 Å². The smallest absolute Gasteiger partial charge is 0.258 e. The van der Waals surface area contributed by atoms with Crippen LogP contribution in [0, 0.1) is 0 Å². The normalized spacial score (nSPS) is 16.0. The first kappa shape index (κ1) is 13.1. The van der Waals surface area contributed by atoms with E-state index >= 15 is 0 Å². The summed E-state index contributed by atoms with van der Waals surface area (Å²) in [5.74, 6) is 0.0366. The monoisotopic (exact) mass is 291 g/mol. The molecule has 4 heteroatoms. The molecule has 0 atom stereocenters. The molecule has 0 fully saturated rings. The molecular weight excluding hydrogens is 274 g/mol. The topological polar surface area (TPSA) is 49.0 Å². The zero-order valence-electron chi connectivity index (χ0n) is 12.6. The summed E-state index contributed by atoms with van der Waals surface area (Å²) in [7, 11) is 0. The molecule has 110 valence electrons. The molecule has 1 amide bonds. The van der Waals surface area contributed by atoms with E-state index in [1.54, 1.807) is 6.33 Å². The summed E-state index contributed by atoms with van der Waals surface area (Å²) in [6, 6.07) is 13.8. The fraction of sp³-hybridized carbons (Fsp3) is 0.222. The van der Waals surface area contributed by atoms with Crippen molar-refractivity contribution < 1.29 is 4.79 Å². The predicted octanol–water partition coefficient (Wildman–Crippen LogP) is 3.50. The minimum atomic E-state index is -0.0235. The number of H-pyrrole nitrogens is 1. The molecule has 3 aromatic rings. The van der Waals surface area contributed by atoms with E-state index in [-0.39, 0.29) is 11.3 Å². The minimum Gasteiger partial charge on any atom is -0.345 e. The minimum absolute atomic E-state index is 0.0235. The van der Waals surface area contributed by atoms with Crippen LogP contribution in [0.1, 0.15) is 29.8 Å². The van der Waals surface area contributed by atoms with Crippen molar-refractivity contribution in [3.05, 3.63) is 59.9 Å². The van der Waals surface area contributed by atoms with Gasteiger partial charge in [0.05, 0.1) is 17.4 Å². The summed E-state index contributed by atoms with van der Waals surface area (Å²) in [6.07, 6.45) is 1.65. The number of hydrogen-bond donors (Lipinski definition) is 1. The summed E-state index contributed by atoms with van der Waals surface area (Å²) in [5, 5.41) is 0. The predicted molar refractivity (Wildman–Crippen MR) is 87.2 cm³/mol. The number of anilines is 1. The Morgan fingerprint density at radius 3 is 2.91 bits per heavy atom. The van der Waals surface area contributed by atoms with Crippen molar-refractivity contribution in [3.8, 4) is 0 Å². The van der Waals surface area contributed by atoms with Crippen LogP contribution in [0.5, 0.6) is 0 Å². The number of hydrogen-bond acceptors (Lipinski definition) is 2. The fourth-order valence-corrected chi connectivity index (χ4v) is 3.25. The SMILES string of the molecule is CC1(C)CN(C(=O)c2ccc3nc[nH]c3c2)c2ccccc21. The Morgan fingerprint density at radius 1 is 1.23 bits per heavy atom. The van der Waals surface area contributed by atoms with Crippen LogP contribution < -0.4 is 4.90 Å². The van der Waals surface area contributed by atoms with Gasteiger partial charge in [0.1, 0.15) is 0 Å². The standard InChI is InChI=1S/C18H17N3O/c1-18(2)10-21(16-6-4-3-5-13(16)18)17(22)12-7-8-14-15(9-12)20-11-19-14/h3-9,11H,10H2,1-2H3,(H,19,20). The largest absolute Gasteiger partial charge is 0.345 e. The highest BCUT2D eigenvalue weighted by Gasteiger charge is 2.37. The molecule has 1 aromatic heterocycles. The lowest BCUT2D eigenvalue weighted by Gasteiger charge is -2.21. The highest BCUT2D eigenvalue weighted by Crippen LogP contribution is 2.40. The van der Waals surface area contributed by atoms with Crippen LogP contribution >= 0.6 is 0 Å². The second-order valence-corrected chi connectivity index (χ2v) is 6.43. The number of aromatic nitrogens is 2. The number of benzene rings is 2. The molecule has 2 aromatic carbocycles. The van der Waals surface area contributed by atoms with Gasteiger partial charge in [0, 0.05) is 23.2 Å². The average Bonchev–Trinajstić information content (AvgIpc) is 3.09. The second-order valence-electron chi connectivity index (χ2n) is 6.43. The van der Waals surface area contributed by atoms with Gasteiger partial charge in [-0.3, -0.25) is 4.79 Å². The van der Waals surface area contributed by atoms with Crippen LogP contribution in [-0.4, -0.2) is 22.4 Å². The maximum absolute atomic E-state index is 13.0. The molecule has 0 aliphatic carbocycles. The van der Waals surface area contributed by atoms with Gasteiger partial charge in [0.25, 0.3) is 5.91 Å². The first-order chi connectivity index (χ1) is 10.6. The Balaban J connectivity index is 1.77. The van der Waals surface area contributed by atoms with Gasteiger partial charge < -0.3 is 9.88 Å². The first-order valence-corrected chi connectivity index (χ1v) is 7.41. The third-order valence-electron chi connectivity index (χ3n) is 4.39. The number of amides is 1. The molecule has 4 rings (SSSR count). The number of fused-ring (bicyclic) bond motifs is 2. The van der Waals surface area contributed by atoms with Crippen LogP contribution in [0.15, 0.2) is 48.8 Å². The lowest BCUT2D eigenvalue weighted by Crippen LogP contribution is -2.33. The van der Waals surface area contributed by atoms with E-state index in [1.165, 1.54) is 5.56 Å². The van der Waals surface area contributed by atoms with E-state index in [4.69, 9.17) is 0 Å². The number of carbonyl (C=O) groups is 1. The molecule has 4 nitrogen and oxygen atoms in total. The van der Waals surface area contributed by atoms with Gasteiger partial charge in [-0.05, 0) is 29.8 Å². The van der Waals surface area contributed by atoms with Crippen molar-refractivity contribution in [1.82, 2.24) is 9.97 Å². The third kappa shape index (κ3) is 1.84. The van der Waals surface area contributed by atoms with Gasteiger partial charge in [-0.2, -0.15) is 0 Å². The van der Waals surface area contributed by atoms with E-state index in [9.17, 15) is 4.79 Å². The number of para-hydroxylation sites is 1. The molecule has 0 radical (unpaired) electrons. The molecule has 0 saturated heterocycles. The highest BCUT2D eigenvalue weighted by molar-refractivity contribution is 6.09. The Hall–Kier alpha value is -2.62. The van der Waals surface area contributed by atoms with Crippen molar-refractivity contribution in [3.63, 3.8) is 0 Å². The number of carbonyl (C=O) groups excluding carboxylic acids is 1. The van der Waals surface area contributed by atoms with Gasteiger partial charge >= 0.3 is 0 Å². The summed E-state index contributed by atoms with van der Waals surface area (Å²) in [4.78, 5) is 22.1. The molecule has 1 N–H and O–H groups in total. The zero-order valence-corrected chi connectivity index (χ0v) is 12.6. The molecule has 22 heavy (non-hydrogen) atoms. The Morgan fingerprint density at radius 2 is 2.05 bits per heavy atom. The van der Waals surface area contributed by atoms with Crippen molar-refractivity contribution in [2.24, 2.45) is 0 Å².